The smallest absolute Gasteiger partial charge is 0.276 e. The van der Waals surface area contributed by atoms with E-state index in [9.17, 15) is 14.9 Å². The van der Waals surface area contributed by atoms with Gasteiger partial charge < -0.3 is 9.32 Å². The van der Waals surface area contributed by atoms with Gasteiger partial charge in [-0.25, -0.2) is 0 Å². The van der Waals surface area contributed by atoms with Gasteiger partial charge in [-0.05, 0) is 31.0 Å². The third kappa shape index (κ3) is 3.95. The molecule has 0 N–H and O–H groups in total. The van der Waals surface area contributed by atoms with Gasteiger partial charge in [0.2, 0.25) is 11.8 Å². The summed E-state index contributed by atoms with van der Waals surface area (Å²) in [7, 11) is 0. The molecule has 1 aliphatic rings. The van der Waals surface area contributed by atoms with E-state index < -0.39 is 4.92 Å². The van der Waals surface area contributed by atoms with Crippen LogP contribution in [0.5, 0.6) is 0 Å². The molecule has 0 unspecified atom stereocenters. The number of carbonyl (C=O) groups excluding carboxylic acids is 1. The fourth-order valence-electron chi connectivity index (χ4n) is 3.28. The lowest BCUT2D eigenvalue weighted by atomic mass is 10.2. The average Bonchev–Trinajstić information content (AvgIpc) is 3.34. The van der Waals surface area contributed by atoms with Crippen LogP contribution in [0.3, 0.4) is 0 Å². The lowest BCUT2D eigenvalue weighted by Crippen LogP contribution is -2.33. The number of nitro groups is 1. The number of hydrogen-bond donors (Lipinski definition) is 0. The molecular formula is C21H17N7O4. The summed E-state index contributed by atoms with van der Waals surface area (Å²) in [4.78, 5) is 26.7. The Kier molecular flexibility index (Phi) is 4.90. The molecule has 2 heterocycles. The van der Waals surface area contributed by atoms with E-state index in [2.05, 4.69) is 20.4 Å². The Balaban J connectivity index is 1.35. The molecule has 1 aliphatic carbocycles. The molecule has 1 saturated carbocycles. The summed E-state index contributed by atoms with van der Waals surface area (Å²) in [6, 6.07) is 15.3. The molecule has 160 valence electrons. The number of non-ortho nitro benzene ring substituents is 1. The fourth-order valence-corrected chi connectivity index (χ4v) is 3.28. The van der Waals surface area contributed by atoms with Gasteiger partial charge in [-0.1, -0.05) is 24.3 Å². The molecule has 5 rings (SSSR count). The van der Waals surface area contributed by atoms with E-state index in [1.165, 1.54) is 23.1 Å². The van der Waals surface area contributed by atoms with Crippen molar-refractivity contribution in [1.82, 2.24) is 30.1 Å². The van der Waals surface area contributed by atoms with Crippen molar-refractivity contribution in [3.05, 3.63) is 82.5 Å². The summed E-state index contributed by atoms with van der Waals surface area (Å²) in [6.45, 7) is 0.115. The van der Waals surface area contributed by atoms with Crippen LogP contribution < -0.4 is 0 Å². The molecule has 11 nitrogen and oxygen atoms in total. The quantitative estimate of drug-likeness (QED) is 0.322. The maximum absolute atomic E-state index is 13.1. The van der Waals surface area contributed by atoms with Crippen molar-refractivity contribution in [2.45, 2.75) is 25.4 Å². The van der Waals surface area contributed by atoms with Crippen molar-refractivity contribution in [3.63, 3.8) is 0 Å². The van der Waals surface area contributed by atoms with Crippen molar-refractivity contribution < 1.29 is 14.1 Å². The first-order valence-electron chi connectivity index (χ1n) is 9.94. The number of hydrogen-bond acceptors (Lipinski definition) is 8. The first kappa shape index (κ1) is 19.5. The summed E-state index contributed by atoms with van der Waals surface area (Å²) in [6.07, 6.45) is 3.20. The van der Waals surface area contributed by atoms with Gasteiger partial charge >= 0.3 is 0 Å². The van der Waals surface area contributed by atoms with E-state index in [4.69, 9.17) is 4.42 Å². The van der Waals surface area contributed by atoms with Gasteiger partial charge in [-0.2, -0.15) is 9.90 Å². The van der Waals surface area contributed by atoms with Crippen LogP contribution in [0.4, 0.5) is 5.69 Å². The average molecular weight is 431 g/mol. The number of amides is 1. The van der Waals surface area contributed by atoms with Crippen LogP contribution in [0, 0.1) is 10.1 Å². The highest BCUT2D eigenvalue weighted by Gasteiger charge is 2.35. The van der Waals surface area contributed by atoms with Gasteiger partial charge in [0.15, 0.2) is 5.69 Å². The van der Waals surface area contributed by atoms with Crippen LogP contribution >= 0.6 is 0 Å². The normalized spacial score (nSPS) is 13.1. The maximum atomic E-state index is 13.1. The minimum absolute atomic E-state index is 0.0672. The Morgan fingerprint density at radius 1 is 1.16 bits per heavy atom. The number of nitro benzene ring substituents is 1. The van der Waals surface area contributed by atoms with Gasteiger partial charge in [0.05, 0.1) is 23.4 Å². The predicted molar refractivity (Wildman–Crippen MR) is 111 cm³/mol. The summed E-state index contributed by atoms with van der Waals surface area (Å²) in [5, 5.41) is 27.5. The Morgan fingerprint density at radius 3 is 2.72 bits per heavy atom. The Morgan fingerprint density at radius 2 is 1.97 bits per heavy atom. The summed E-state index contributed by atoms with van der Waals surface area (Å²) < 4.78 is 5.69. The standard InChI is InChI=1S/C21H17N7O4/c29-21(18-12-22-27(25-18)16-6-2-1-3-7-16)26(15-9-10-15)13-19-23-24-20(32-19)14-5-4-8-17(11-14)28(30)31/h1-8,11-12,15H,9-10,13H2. The number of nitrogens with zero attached hydrogens (tertiary/aromatic N) is 7. The largest absolute Gasteiger partial charge is 0.419 e. The van der Waals surface area contributed by atoms with Crippen LogP contribution in [-0.4, -0.2) is 47.0 Å². The Bertz CT molecular complexity index is 1280. The first-order valence-corrected chi connectivity index (χ1v) is 9.94. The lowest BCUT2D eigenvalue weighted by Gasteiger charge is -2.18. The zero-order chi connectivity index (χ0) is 22.1. The second-order valence-electron chi connectivity index (χ2n) is 7.33. The molecule has 4 aromatic rings. The minimum Gasteiger partial charge on any atom is -0.419 e. The zero-order valence-corrected chi connectivity index (χ0v) is 16.7. The SMILES string of the molecule is O=C(c1cnn(-c2ccccc2)n1)N(Cc1nnc(-c2cccc([N+](=O)[O-])c2)o1)C1CC1. The topological polar surface area (TPSA) is 133 Å². The third-order valence-corrected chi connectivity index (χ3v) is 5.02. The summed E-state index contributed by atoms with van der Waals surface area (Å²) >= 11 is 0. The molecule has 2 aromatic heterocycles. The van der Waals surface area contributed by atoms with E-state index >= 15 is 0 Å². The number of para-hydroxylation sites is 1. The van der Waals surface area contributed by atoms with Gasteiger partial charge in [0, 0.05) is 23.7 Å². The third-order valence-electron chi connectivity index (χ3n) is 5.02. The van der Waals surface area contributed by atoms with Crippen molar-refractivity contribution in [1.29, 1.82) is 0 Å². The van der Waals surface area contributed by atoms with Gasteiger partial charge in [0.25, 0.3) is 11.6 Å². The summed E-state index contributed by atoms with van der Waals surface area (Å²) in [5.41, 5.74) is 1.34. The number of carbonyl (C=O) groups is 1. The molecule has 0 aliphatic heterocycles. The first-order chi connectivity index (χ1) is 15.6. The van der Waals surface area contributed by atoms with Crippen LogP contribution in [0.25, 0.3) is 17.1 Å². The van der Waals surface area contributed by atoms with Crippen LogP contribution in [0.2, 0.25) is 0 Å². The minimum atomic E-state index is -0.489. The van der Waals surface area contributed by atoms with Gasteiger partial charge in [-0.15, -0.1) is 15.3 Å². The molecule has 32 heavy (non-hydrogen) atoms. The molecule has 0 atom stereocenters. The van der Waals surface area contributed by atoms with Crippen LogP contribution in [-0.2, 0) is 6.54 Å². The molecule has 0 saturated heterocycles. The van der Waals surface area contributed by atoms with E-state index in [0.717, 1.165) is 18.5 Å². The van der Waals surface area contributed by atoms with Crippen LogP contribution in [0.1, 0.15) is 29.2 Å². The molecule has 1 fully saturated rings. The molecule has 11 heteroatoms. The van der Waals surface area contributed by atoms with E-state index in [1.54, 1.807) is 17.0 Å². The number of benzene rings is 2. The highest BCUT2D eigenvalue weighted by Crippen LogP contribution is 2.30. The number of aromatic nitrogens is 5. The lowest BCUT2D eigenvalue weighted by molar-refractivity contribution is -0.384. The van der Waals surface area contributed by atoms with E-state index in [1.807, 2.05) is 30.3 Å². The van der Waals surface area contributed by atoms with Gasteiger partial charge in [-0.3, -0.25) is 14.9 Å². The van der Waals surface area contributed by atoms with E-state index in [-0.39, 0.29) is 41.7 Å². The van der Waals surface area contributed by atoms with Crippen molar-refractivity contribution in [3.8, 4) is 17.1 Å². The van der Waals surface area contributed by atoms with Crippen LogP contribution in [0.15, 0.2) is 65.2 Å². The highest BCUT2D eigenvalue weighted by atomic mass is 16.6. The van der Waals surface area contributed by atoms with Gasteiger partial charge in [0.1, 0.15) is 0 Å². The second kappa shape index (κ2) is 8.02. The van der Waals surface area contributed by atoms with Crippen molar-refractivity contribution >= 4 is 11.6 Å². The molecule has 0 spiro atoms. The van der Waals surface area contributed by atoms with E-state index in [0.29, 0.717) is 5.56 Å². The zero-order valence-electron chi connectivity index (χ0n) is 16.7. The second-order valence-corrected chi connectivity index (χ2v) is 7.33. The fraction of sp³-hybridized carbons (Fsp3) is 0.190. The molecule has 0 bridgehead atoms. The maximum Gasteiger partial charge on any atom is 0.276 e. The molecular weight excluding hydrogens is 414 g/mol. The summed E-state index contributed by atoms with van der Waals surface area (Å²) in [5.74, 6) is 0.119. The Labute approximate surface area is 181 Å². The molecule has 0 radical (unpaired) electrons. The number of rotatable bonds is 7. The monoisotopic (exact) mass is 431 g/mol. The highest BCUT2D eigenvalue weighted by molar-refractivity contribution is 5.92. The van der Waals surface area contributed by atoms with Crippen molar-refractivity contribution in [2.75, 3.05) is 0 Å². The molecule has 2 aromatic carbocycles. The Hall–Kier alpha value is -4.41. The molecule has 1 amide bonds. The predicted octanol–water partition coefficient (Wildman–Crippen LogP) is 3.03. The van der Waals surface area contributed by atoms with Crippen molar-refractivity contribution in [2.24, 2.45) is 0 Å².